The summed E-state index contributed by atoms with van der Waals surface area (Å²) in [7, 11) is 0. The van der Waals surface area contributed by atoms with Crippen LogP contribution in [-0.4, -0.2) is 22.5 Å². The highest BCUT2D eigenvalue weighted by atomic mass is 32.1. The van der Waals surface area contributed by atoms with Gasteiger partial charge in [-0.3, -0.25) is 4.79 Å². The molecule has 0 unspecified atom stereocenters. The Morgan fingerprint density at radius 3 is 2.76 bits per heavy atom. The number of thiophene rings is 1. The van der Waals surface area contributed by atoms with E-state index in [1.54, 1.807) is 5.38 Å². The molecule has 1 aromatic rings. The Balaban J connectivity index is 2.02. The molecular weight excluding hydrogens is 240 g/mol. The minimum absolute atomic E-state index is 0.0941. The van der Waals surface area contributed by atoms with Crippen LogP contribution in [0.3, 0.4) is 0 Å². The van der Waals surface area contributed by atoms with E-state index >= 15 is 0 Å². The second-order valence-corrected chi connectivity index (χ2v) is 5.41. The Kier molecular flexibility index (Phi) is 2.16. The van der Waals surface area contributed by atoms with Gasteiger partial charge in [0.1, 0.15) is 10.4 Å². The number of carboxylic acids is 1. The maximum atomic E-state index is 12.1. The van der Waals surface area contributed by atoms with Crippen LogP contribution in [0.4, 0.5) is 11.4 Å². The molecule has 1 saturated carbocycles. The van der Waals surface area contributed by atoms with E-state index in [-0.39, 0.29) is 10.8 Å². The van der Waals surface area contributed by atoms with Crippen molar-refractivity contribution in [3.05, 3.63) is 10.3 Å². The number of hydrogen-bond donors (Lipinski definition) is 3. The van der Waals surface area contributed by atoms with Crippen molar-refractivity contribution in [2.75, 3.05) is 10.6 Å². The third-order valence-corrected chi connectivity index (χ3v) is 4.46. The molecule has 2 aliphatic rings. The lowest BCUT2D eigenvalue weighted by Gasteiger charge is -2.34. The van der Waals surface area contributed by atoms with Crippen LogP contribution in [0.15, 0.2) is 5.38 Å². The number of amides is 1. The highest BCUT2D eigenvalue weighted by Gasteiger charge is 2.45. The van der Waals surface area contributed by atoms with E-state index in [4.69, 9.17) is 5.11 Å². The summed E-state index contributed by atoms with van der Waals surface area (Å²) in [5.41, 5.74) is 0.656. The Hall–Kier alpha value is -1.56. The average Bonchev–Trinajstić information content (AvgIpc) is 2.87. The number of carbonyl (C=O) groups excluding carboxylic acids is 1. The van der Waals surface area contributed by atoms with Gasteiger partial charge in [0.15, 0.2) is 0 Å². The number of anilines is 2. The fourth-order valence-electron chi connectivity index (χ4n) is 2.61. The summed E-state index contributed by atoms with van der Waals surface area (Å²) in [6, 6.07) is 0. The van der Waals surface area contributed by atoms with Crippen LogP contribution in [0.2, 0.25) is 0 Å². The second-order valence-electron chi connectivity index (χ2n) is 4.53. The lowest BCUT2D eigenvalue weighted by atomic mass is 9.93. The molecule has 0 bridgehead atoms. The first-order chi connectivity index (χ1) is 8.12. The summed E-state index contributed by atoms with van der Waals surface area (Å²) in [4.78, 5) is 23.3. The van der Waals surface area contributed by atoms with Crippen molar-refractivity contribution >= 4 is 34.6 Å². The van der Waals surface area contributed by atoms with E-state index in [9.17, 15) is 9.59 Å². The molecule has 2 heterocycles. The molecule has 1 aliphatic carbocycles. The lowest BCUT2D eigenvalue weighted by Crippen LogP contribution is -2.50. The molecule has 1 aliphatic heterocycles. The van der Waals surface area contributed by atoms with Crippen molar-refractivity contribution in [3.63, 3.8) is 0 Å². The maximum Gasteiger partial charge on any atom is 0.348 e. The van der Waals surface area contributed by atoms with Gasteiger partial charge in [0, 0.05) is 5.38 Å². The molecule has 0 radical (unpaired) electrons. The Bertz CT molecular complexity index is 503. The summed E-state index contributed by atoms with van der Waals surface area (Å²) in [5.74, 6) is -1.09. The van der Waals surface area contributed by atoms with Crippen LogP contribution >= 0.6 is 11.3 Å². The van der Waals surface area contributed by atoms with Gasteiger partial charge in [0.25, 0.3) is 0 Å². The average molecular weight is 252 g/mol. The fourth-order valence-corrected chi connectivity index (χ4v) is 3.40. The first kappa shape index (κ1) is 10.6. The van der Waals surface area contributed by atoms with Crippen LogP contribution < -0.4 is 10.6 Å². The first-order valence-electron chi connectivity index (χ1n) is 5.57. The van der Waals surface area contributed by atoms with Crippen LogP contribution in [0.1, 0.15) is 35.4 Å². The highest BCUT2D eigenvalue weighted by Crippen LogP contribution is 2.43. The van der Waals surface area contributed by atoms with Crippen molar-refractivity contribution in [2.24, 2.45) is 0 Å². The predicted octanol–water partition coefficient (Wildman–Crippen LogP) is 2.12. The normalized spacial score (nSPS) is 20.8. The molecule has 1 amide bonds. The molecule has 1 fully saturated rings. The first-order valence-corrected chi connectivity index (χ1v) is 6.45. The molecule has 6 heteroatoms. The molecule has 0 aromatic carbocycles. The van der Waals surface area contributed by atoms with Gasteiger partial charge >= 0.3 is 5.97 Å². The minimum atomic E-state index is -0.999. The van der Waals surface area contributed by atoms with Crippen LogP contribution in [-0.2, 0) is 4.79 Å². The number of rotatable bonds is 1. The maximum absolute atomic E-state index is 12.1. The predicted molar refractivity (Wildman–Crippen MR) is 64.7 cm³/mol. The topological polar surface area (TPSA) is 78.4 Å². The number of fused-ring (bicyclic) bond motifs is 1. The second kappa shape index (κ2) is 3.46. The van der Waals surface area contributed by atoms with Gasteiger partial charge in [0.05, 0.1) is 11.4 Å². The Morgan fingerprint density at radius 1 is 1.41 bits per heavy atom. The van der Waals surface area contributed by atoms with Gasteiger partial charge in [-0.2, -0.15) is 0 Å². The quantitative estimate of drug-likeness (QED) is 0.715. The minimum Gasteiger partial charge on any atom is -0.477 e. The third-order valence-electron chi connectivity index (χ3n) is 3.49. The van der Waals surface area contributed by atoms with E-state index in [2.05, 4.69) is 10.6 Å². The number of carbonyl (C=O) groups is 2. The molecule has 1 spiro atoms. The van der Waals surface area contributed by atoms with Gasteiger partial charge < -0.3 is 15.7 Å². The summed E-state index contributed by atoms with van der Waals surface area (Å²) in [6.45, 7) is 0. The smallest absolute Gasteiger partial charge is 0.348 e. The van der Waals surface area contributed by atoms with Crippen molar-refractivity contribution in [3.8, 4) is 0 Å². The van der Waals surface area contributed by atoms with E-state index in [0.717, 1.165) is 42.7 Å². The summed E-state index contributed by atoms with van der Waals surface area (Å²) in [6.07, 6.45) is 3.70. The summed E-state index contributed by atoms with van der Waals surface area (Å²) in [5, 5.41) is 16.7. The Labute approximate surface area is 102 Å². The number of hydrogen-bond acceptors (Lipinski definition) is 4. The standard InChI is InChI=1S/C11H12N2O3S/c14-9(15)8-7-6(5-17-8)13-11(10(16)12-7)3-1-2-4-11/h5,13H,1-4H2,(H,12,16)(H,14,15). The summed E-state index contributed by atoms with van der Waals surface area (Å²) >= 11 is 1.14. The van der Waals surface area contributed by atoms with E-state index in [1.165, 1.54) is 0 Å². The number of nitrogens with one attached hydrogen (secondary N) is 2. The number of aromatic carboxylic acids is 1. The van der Waals surface area contributed by atoms with E-state index in [0.29, 0.717) is 5.69 Å². The van der Waals surface area contributed by atoms with Gasteiger partial charge in [-0.05, 0) is 12.8 Å². The number of carboxylic acid groups (broad SMARTS) is 1. The molecular formula is C11H12N2O3S. The van der Waals surface area contributed by atoms with Gasteiger partial charge in [-0.1, -0.05) is 12.8 Å². The molecule has 90 valence electrons. The van der Waals surface area contributed by atoms with Crippen molar-refractivity contribution < 1.29 is 14.7 Å². The third kappa shape index (κ3) is 1.44. The van der Waals surface area contributed by atoms with Crippen LogP contribution in [0, 0.1) is 0 Å². The molecule has 1 aromatic heterocycles. The van der Waals surface area contributed by atoms with Gasteiger partial charge in [-0.15, -0.1) is 11.3 Å². The van der Waals surface area contributed by atoms with Crippen molar-refractivity contribution in [1.29, 1.82) is 0 Å². The monoisotopic (exact) mass is 252 g/mol. The zero-order chi connectivity index (χ0) is 12.0. The molecule has 3 rings (SSSR count). The van der Waals surface area contributed by atoms with Gasteiger partial charge in [0.2, 0.25) is 5.91 Å². The molecule has 5 nitrogen and oxygen atoms in total. The van der Waals surface area contributed by atoms with Crippen molar-refractivity contribution in [2.45, 2.75) is 31.2 Å². The zero-order valence-corrected chi connectivity index (χ0v) is 9.89. The zero-order valence-electron chi connectivity index (χ0n) is 9.08. The Morgan fingerprint density at radius 2 is 2.12 bits per heavy atom. The van der Waals surface area contributed by atoms with E-state index < -0.39 is 11.5 Å². The molecule has 0 saturated heterocycles. The molecule has 17 heavy (non-hydrogen) atoms. The van der Waals surface area contributed by atoms with Crippen molar-refractivity contribution in [1.82, 2.24) is 0 Å². The summed E-state index contributed by atoms with van der Waals surface area (Å²) < 4.78 is 0. The van der Waals surface area contributed by atoms with E-state index in [1.807, 2.05) is 0 Å². The molecule has 0 atom stereocenters. The lowest BCUT2D eigenvalue weighted by molar-refractivity contribution is -0.120. The van der Waals surface area contributed by atoms with Crippen LogP contribution in [0.5, 0.6) is 0 Å². The molecule has 3 N–H and O–H groups in total. The highest BCUT2D eigenvalue weighted by molar-refractivity contribution is 7.13. The fraction of sp³-hybridized carbons (Fsp3) is 0.455. The SMILES string of the molecule is O=C(O)c1scc2c1NC(=O)C1(CCCC1)N2. The van der Waals surface area contributed by atoms with Crippen LogP contribution in [0.25, 0.3) is 0 Å². The largest absolute Gasteiger partial charge is 0.477 e. The van der Waals surface area contributed by atoms with Gasteiger partial charge in [-0.25, -0.2) is 4.79 Å².